The summed E-state index contributed by atoms with van der Waals surface area (Å²) in [4.78, 5) is 24.7. The quantitative estimate of drug-likeness (QED) is 0.0320. The van der Waals surface area contributed by atoms with Crippen LogP contribution < -0.4 is 5.32 Å². The zero-order valence-electron chi connectivity index (χ0n) is 60.0. The van der Waals surface area contributed by atoms with Crippen LogP contribution in [0.2, 0.25) is 0 Å². The topological polar surface area (TPSA) is 95.9 Å². The lowest BCUT2D eigenvalue weighted by atomic mass is 10.0. The van der Waals surface area contributed by atoms with E-state index in [1.165, 1.54) is 379 Å². The molecule has 0 aliphatic rings. The molecule has 2 unspecified atom stereocenters. The van der Waals surface area contributed by atoms with E-state index in [0.717, 1.165) is 51.4 Å². The number of hydrogen-bond donors (Lipinski definition) is 3. The fraction of sp³-hybridized carbons (Fsp3) is 0.927. The molecule has 2 atom stereocenters. The summed E-state index contributed by atoms with van der Waals surface area (Å²) in [6.45, 7) is 4.98. The maximum absolute atomic E-state index is 12.6. The molecule has 0 rings (SSSR count). The van der Waals surface area contributed by atoms with Gasteiger partial charge in [-0.3, -0.25) is 9.59 Å². The van der Waals surface area contributed by atoms with Gasteiger partial charge in [0.25, 0.3) is 0 Å². The van der Waals surface area contributed by atoms with Crippen molar-refractivity contribution in [3.05, 3.63) is 24.3 Å². The molecule has 0 radical (unpaired) electrons. The van der Waals surface area contributed by atoms with Gasteiger partial charge in [0.05, 0.1) is 25.4 Å². The standard InChI is InChI=1S/C82H159NO5/c1-3-5-7-9-11-13-15-17-19-21-22-23-33-36-39-43-46-50-54-58-62-66-70-74-80(85)79(78-84)83-81(86)75-71-67-63-59-55-51-47-44-40-37-34-31-29-27-25-24-26-28-30-32-35-38-41-45-49-53-57-61-65-69-73-77-88-82(87)76-72-68-64-60-56-52-48-42-20-18-16-14-12-10-8-6-4-2/h12,14,18,20,79-80,84-85H,3-11,13,15-17,19,21-78H2,1-2H3,(H,83,86)/b14-12-,20-18-. The van der Waals surface area contributed by atoms with Crippen molar-refractivity contribution in [3.63, 3.8) is 0 Å². The highest BCUT2D eigenvalue weighted by molar-refractivity contribution is 5.76. The van der Waals surface area contributed by atoms with Crippen LogP contribution in [0.5, 0.6) is 0 Å². The first kappa shape index (κ1) is 86.3. The molecule has 3 N–H and O–H groups in total. The Balaban J connectivity index is 3.33. The van der Waals surface area contributed by atoms with Crippen LogP contribution in [-0.4, -0.2) is 47.4 Å². The summed E-state index contributed by atoms with van der Waals surface area (Å²) in [5.41, 5.74) is 0. The van der Waals surface area contributed by atoms with E-state index in [4.69, 9.17) is 4.74 Å². The van der Waals surface area contributed by atoms with Gasteiger partial charge in [-0.15, -0.1) is 0 Å². The predicted molar refractivity (Wildman–Crippen MR) is 389 cm³/mol. The zero-order chi connectivity index (χ0) is 63.5. The van der Waals surface area contributed by atoms with Crippen molar-refractivity contribution in [2.45, 2.75) is 475 Å². The molecule has 6 heteroatoms. The van der Waals surface area contributed by atoms with Crippen molar-refractivity contribution in [1.82, 2.24) is 5.32 Å². The molecule has 0 bridgehead atoms. The van der Waals surface area contributed by atoms with Crippen molar-refractivity contribution in [2.75, 3.05) is 13.2 Å². The van der Waals surface area contributed by atoms with Gasteiger partial charge in [0, 0.05) is 12.8 Å². The van der Waals surface area contributed by atoms with Gasteiger partial charge in [0.1, 0.15) is 0 Å². The maximum atomic E-state index is 12.6. The minimum atomic E-state index is -0.663. The number of aliphatic hydroxyl groups is 2. The van der Waals surface area contributed by atoms with Crippen LogP contribution in [0.4, 0.5) is 0 Å². The number of rotatable bonds is 77. The molecule has 522 valence electrons. The molecule has 88 heavy (non-hydrogen) atoms. The first-order valence-corrected chi connectivity index (χ1v) is 40.6. The van der Waals surface area contributed by atoms with E-state index in [-0.39, 0.29) is 18.5 Å². The molecule has 0 spiro atoms. The second-order valence-corrected chi connectivity index (χ2v) is 28.1. The summed E-state index contributed by atoms with van der Waals surface area (Å²) in [7, 11) is 0. The van der Waals surface area contributed by atoms with E-state index in [2.05, 4.69) is 43.5 Å². The molecule has 0 aliphatic heterocycles. The first-order valence-electron chi connectivity index (χ1n) is 40.6. The lowest BCUT2D eigenvalue weighted by Crippen LogP contribution is -2.45. The van der Waals surface area contributed by atoms with Gasteiger partial charge in [-0.2, -0.15) is 0 Å². The Hall–Kier alpha value is -1.66. The molecular formula is C82H159NO5. The van der Waals surface area contributed by atoms with Gasteiger partial charge in [-0.25, -0.2) is 0 Å². The number of aliphatic hydroxyl groups excluding tert-OH is 2. The van der Waals surface area contributed by atoms with E-state index in [1.54, 1.807) is 0 Å². The average Bonchev–Trinajstić information content (AvgIpc) is 3.58. The van der Waals surface area contributed by atoms with Crippen LogP contribution in [0.3, 0.4) is 0 Å². The van der Waals surface area contributed by atoms with Crippen LogP contribution in [0, 0.1) is 0 Å². The molecule has 0 heterocycles. The second-order valence-electron chi connectivity index (χ2n) is 28.1. The van der Waals surface area contributed by atoms with Gasteiger partial charge >= 0.3 is 5.97 Å². The molecule has 0 aromatic rings. The molecule has 1 amide bonds. The van der Waals surface area contributed by atoms with Gasteiger partial charge in [0.15, 0.2) is 0 Å². The third kappa shape index (κ3) is 73.4. The van der Waals surface area contributed by atoms with Crippen LogP contribution >= 0.6 is 0 Å². The lowest BCUT2D eigenvalue weighted by Gasteiger charge is -2.22. The molecule has 0 aromatic heterocycles. The van der Waals surface area contributed by atoms with Crippen molar-refractivity contribution >= 4 is 11.9 Å². The Morgan fingerprint density at radius 3 is 0.886 bits per heavy atom. The van der Waals surface area contributed by atoms with Crippen molar-refractivity contribution < 1.29 is 24.5 Å². The Kier molecular flexibility index (Phi) is 76.3. The lowest BCUT2D eigenvalue weighted by molar-refractivity contribution is -0.143. The van der Waals surface area contributed by atoms with Gasteiger partial charge < -0.3 is 20.3 Å². The Morgan fingerprint density at radius 1 is 0.318 bits per heavy atom. The summed E-state index contributed by atoms with van der Waals surface area (Å²) >= 11 is 0. The van der Waals surface area contributed by atoms with Gasteiger partial charge in [-0.1, -0.05) is 417 Å². The maximum Gasteiger partial charge on any atom is 0.305 e. The van der Waals surface area contributed by atoms with Crippen molar-refractivity contribution in [1.29, 1.82) is 0 Å². The highest BCUT2D eigenvalue weighted by atomic mass is 16.5. The third-order valence-corrected chi connectivity index (χ3v) is 19.3. The number of hydrogen-bond acceptors (Lipinski definition) is 5. The van der Waals surface area contributed by atoms with Crippen molar-refractivity contribution in [3.8, 4) is 0 Å². The normalized spacial score (nSPS) is 12.5. The van der Waals surface area contributed by atoms with Crippen LogP contribution in [0.1, 0.15) is 463 Å². The van der Waals surface area contributed by atoms with Crippen molar-refractivity contribution in [2.24, 2.45) is 0 Å². The van der Waals surface area contributed by atoms with Crippen LogP contribution in [-0.2, 0) is 14.3 Å². The molecule has 0 fully saturated rings. The molecular weight excluding hydrogens is 1080 g/mol. The number of nitrogens with one attached hydrogen (secondary N) is 1. The highest BCUT2D eigenvalue weighted by Crippen LogP contribution is 2.20. The van der Waals surface area contributed by atoms with Crippen LogP contribution in [0.25, 0.3) is 0 Å². The Morgan fingerprint density at radius 2 is 0.568 bits per heavy atom. The Bertz CT molecular complexity index is 1380. The van der Waals surface area contributed by atoms with E-state index >= 15 is 0 Å². The summed E-state index contributed by atoms with van der Waals surface area (Å²) in [6, 6.07) is -0.539. The molecule has 0 aliphatic carbocycles. The number of carbonyl (C=O) groups excluding carboxylic acids is 2. The highest BCUT2D eigenvalue weighted by Gasteiger charge is 2.20. The van der Waals surface area contributed by atoms with Gasteiger partial charge in [0.2, 0.25) is 5.91 Å². The minimum absolute atomic E-state index is 0.0140. The zero-order valence-corrected chi connectivity index (χ0v) is 60.0. The fourth-order valence-corrected chi connectivity index (χ4v) is 13.1. The molecule has 6 nitrogen and oxygen atoms in total. The van der Waals surface area contributed by atoms with E-state index in [0.29, 0.717) is 25.9 Å². The molecule has 0 aromatic carbocycles. The minimum Gasteiger partial charge on any atom is -0.466 e. The summed E-state index contributed by atoms with van der Waals surface area (Å²) < 4.78 is 5.51. The number of unbranched alkanes of at least 4 members (excludes halogenated alkanes) is 62. The number of carbonyl (C=O) groups is 2. The first-order chi connectivity index (χ1) is 43.5. The summed E-state index contributed by atoms with van der Waals surface area (Å²) in [5, 5.41) is 23.5. The summed E-state index contributed by atoms with van der Waals surface area (Å²) in [6.07, 6.45) is 99.9. The van der Waals surface area contributed by atoms with Crippen LogP contribution in [0.15, 0.2) is 24.3 Å². The smallest absolute Gasteiger partial charge is 0.305 e. The molecule has 0 saturated carbocycles. The SMILES string of the molecule is CCCCC/C=C\C/C=C\CCCCCCCCCC(=O)OCCCCCCCCCCCCCCCCCCCCCCCCCCCCCCCCCC(=O)NC(CO)C(O)CCCCCCCCCCCCCCCCCCCCCCCCC. The fourth-order valence-electron chi connectivity index (χ4n) is 13.1. The largest absolute Gasteiger partial charge is 0.466 e. The Labute approximate surface area is 551 Å². The number of allylic oxidation sites excluding steroid dienone is 4. The number of esters is 1. The van der Waals surface area contributed by atoms with Gasteiger partial charge in [-0.05, 0) is 57.8 Å². The average molecular weight is 1240 g/mol. The second kappa shape index (κ2) is 77.8. The monoisotopic (exact) mass is 1240 g/mol. The third-order valence-electron chi connectivity index (χ3n) is 19.3. The van der Waals surface area contributed by atoms with E-state index in [1.807, 2.05) is 0 Å². The number of amides is 1. The summed E-state index contributed by atoms with van der Waals surface area (Å²) in [5.74, 6) is -0.0109. The molecule has 0 saturated heterocycles. The predicted octanol–water partition coefficient (Wildman–Crippen LogP) is 26.8. The van der Waals surface area contributed by atoms with E-state index in [9.17, 15) is 19.8 Å². The number of ether oxygens (including phenoxy) is 1. The van der Waals surface area contributed by atoms with E-state index < -0.39 is 12.1 Å².